The van der Waals surface area contributed by atoms with Gasteiger partial charge in [0.15, 0.2) is 0 Å². The number of ether oxygens (including phenoxy) is 3. The highest BCUT2D eigenvalue weighted by Crippen LogP contribution is 2.46. The molecule has 3 N–H and O–H groups in total. The average molecular weight is 1590 g/mol. The monoisotopic (exact) mass is 1590 g/mol. The molecular formula is C76H118F8N12O15. The number of rotatable bonds is 14. The Morgan fingerprint density at radius 3 is 1.83 bits per heavy atom. The number of amides is 12. The summed E-state index contributed by atoms with van der Waals surface area (Å²) in [6.07, 6.45) is -15.0. The van der Waals surface area contributed by atoms with Crippen LogP contribution in [0.1, 0.15) is 175 Å². The van der Waals surface area contributed by atoms with E-state index in [9.17, 15) is 45.5 Å². The van der Waals surface area contributed by atoms with E-state index in [0.717, 1.165) is 29.4 Å². The summed E-state index contributed by atoms with van der Waals surface area (Å²) in [5, 5.41) is 8.38. The molecule has 2 unspecified atom stereocenters. The molecule has 4 saturated heterocycles. The highest BCUT2D eigenvalue weighted by Gasteiger charge is 2.56. The molecule has 12 atom stereocenters. The molecule has 8 aliphatic rings. The molecule has 628 valence electrons. The van der Waals surface area contributed by atoms with Gasteiger partial charge in [-0.2, -0.15) is 26.3 Å². The smallest absolute Gasteiger partial charge is 0.382 e. The molecule has 4 heterocycles. The number of nitrogens with zero attached hydrogens (tertiary/aromatic N) is 9. The summed E-state index contributed by atoms with van der Waals surface area (Å²) in [6.45, 7) is 3.52. The Bertz CT molecular complexity index is 3250. The van der Waals surface area contributed by atoms with E-state index in [1.165, 1.54) is 64.1 Å². The molecule has 0 aromatic heterocycles. The van der Waals surface area contributed by atoms with E-state index >= 15 is 47.1 Å². The van der Waals surface area contributed by atoms with Gasteiger partial charge in [-0.15, -0.1) is 0 Å². The van der Waals surface area contributed by atoms with E-state index in [1.54, 1.807) is 13.8 Å². The van der Waals surface area contributed by atoms with E-state index in [4.69, 9.17) is 14.2 Å². The number of likely N-dealkylation sites (N-methyl/N-ethyl adjacent to an activating group) is 6. The first kappa shape index (κ1) is 89.5. The highest BCUT2D eigenvalue weighted by molar-refractivity contribution is 6.01. The molecule has 4 saturated carbocycles. The molecule has 0 aromatic rings. The average Bonchev–Trinajstić information content (AvgIpc) is 1.75. The first-order chi connectivity index (χ1) is 52.4. The summed E-state index contributed by atoms with van der Waals surface area (Å²) in [6, 6.07) is -11.6. The lowest BCUT2D eigenvalue weighted by atomic mass is 9.74. The largest absolute Gasteiger partial charge is 0.397 e. The van der Waals surface area contributed by atoms with Crippen molar-refractivity contribution in [1.82, 2.24) is 60.0 Å². The van der Waals surface area contributed by atoms with Crippen molar-refractivity contribution in [3.8, 4) is 0 Å². The van der Waals surface area contributed by atoms with Crippen molar-refractivity contribution in [2.45, 2.75) is 260 Å². The maximum atomic E-state index is 15.7. The number of fused-ring (bicyclic) bond motifs is 3. The predicted octanol–water partition coefficient (Wildman–Crippen LogP) is 5.34. The molecule has 4 aliphatic heterocycles. The van der Waals surface area contributed by atoms with Gasteiger partial charge in [-0.3, -0.25) is 57.5 Å². The third-order valence-corrected chi connectivity index (χ3v) is 24.9. The van der Waals surface area contributed by atoms with Gasteiger partial charge in [0.1, 0.15) is 72.1 Å². The molecule has 4 aliphatic carbocycles. The molecule has 35 heteroatoms. The Labute approximate surface area is 645 Å². The van der Waals surface area contributed by atoms with Crippen LogP contribution in [0.3, 0.4) is 0 Å². The molecule has 0 aromatic carbocycles. The van der Waals surface area contributed by atoms with Gasteiger partial charge in [-0.1, -0.05) is 52.9 Å². The molecule has 8 fully saturated rings. The highest BCUT2D eigenvalue weighted by atomic mass is 19.4. The third kappa shape index (κ3) is 21.9. The van der Waals surface area contributed by atoms with Crippen molar-refractivity contribution in [2.75, 3.05) is 115 Å². The summed E-state index contributed by atoms with van der Waals surface area (Å²) in [5.41, 5.74) is -1.71. The second-order valence-electron chi connectivity index (χ2n) is 32.5. The van der Waals surface area contributed by atoms with Crippen molar-refractivity contribution < 1.29 is 107 Å². The number of morpholine rings is 1. The Balaban J connectivity index is 1.21. The maximum Gasteiger partial charge on any atom is 0.397 e. The quantitative estimate of drug-likeness (QED) is 0.185. The molecular weight excluding hydrogens is 1470 g/mol. The minimum absolute atomic E-state index is 0.00249. The minimum atomic E-state index is -5.22. The fraction of sp³-hybridized carbons (Fsp3) is 0.842. The number of halogens is 8. The van der Waals surface area contributed by atoms with Crippen LogP contribution < -0.4 is 16.0 Å². The van der Waals surface area contributed by atoms with E-state index < -0.39 is 236 Å². The number of hydrogen-bond acceptors (Lipinski definition) is 15. The van der Waals surface area contributed by atoms with Crippen LogP contribution >= 0.6 is 0 Å². The van der Waals surface area contributed by atoms with E-state index in [2.05, 4.69) is 16.0 Å². The molecule has 0 radical (unpaired) electrons. The van der Waals surface area contributed by atoms with Crippen LogP contribution in [0.2, 0.25) is 0 Å². The molecule has 12 amide bonds. The van der Waals surface area contributed by atoms with Crippen molar-refractivity contribution in [1.29, 1.82) is 0 Å². The van der Waals surface area contributed by atoms with Crippen LogP contribution in [0.15, 0.2) is 0 Å². The fourth-order valence-electron chi connectivity index (χ4n) is 17.7. The zero-order valence-electron chi connectivity index (χ0n) is 66.0. The normalized spacial score (nSPS) is 32.1. The SMILES string of the molecule is CCCO[C@@H]1C[C@H]2C(=O)NC3(CCC3)C(=O)N(C)[C@@H](C3CCCC3)C(=O)N(C)[C@H](C(=O)N3CCOCC3)CC(=O)N(C)[C@@H](COC)C(=O)N[C@@H]([C@@H](C)CC)C(=O)N(C)CC(=O)N(C)[C@H]3CCCCCN(C3=O)[C@@H](CC3CCC(C(F)(F)F)CC3)C(=O)N(C)CC(=O)N[C@@H](CCC3CC(F)C(C(F)(F)F)C(F)C3)C(=O)N2C1. The Kier molecular flexibility index (Phi) is 31.7. The van der Waals surface area contributed by atoms with Crippen LogP contribution in [0, 0.1) is 35.5 Å². The number of carbonyl (C=O) groups is 12. The Morgan fingerprint density at radius 2 is 1.24 bits per heavy atom. The minimum Gasteiger partial charge on any atom is -0.382 e. The molecule has 111 heavy (non-hydrogen) atoms. The van der Waals surface area contributed by atoms with Crippen molar-refractivity contribution in [3.63, 3.8) is 0 Å². The van der Waals surface area contributed by atoms with Crippen LogP contribution in [-0.2, 0) is 71.7 Å². The van der Waals surface area contributed by atoms with Gasteiger partial charge >= 0.3 is 12.4 Å². The number of nitrogens with one attached hydrogen (secondary N) is 3. The third-order valence-electron chi connectivity index (χ3n) is 24.9. The number of carbonyl (C=O) groups excluding carboxylic acids is 12. The number of alkyl halides is 8. The second kappa shape index (κ2) is 39.3. The van der Waals surface area contributed by atoms with Gasteiger partial charge in [0, 0.05) is 88.6 Å². The van der Waals surface area contributed by atoms with Gasteiger partial charge in [-0.25, -0.2) is 8.78 Å². The Morgan fingerprint density at radius 1 is 0.613 bits per heavy atom. The van der Waals surface area contributed by atoms with Crippen LogP contribution in [0.25, 0.3) is 0 Å². The lowest BCUT2D eigenvalue weighted by Crippen LogP contribution is -2.68. The zero-order chi connectivity index (χ0) is 81.7. The van der Waals surface area contributed by atoms with Gasteiger partial charge in [-0.05, 0) is 133 Å². The maximum absolute atomic E-state index is 15.7. The predicted molar refractivity (Wildman–Crippen MR) is 387 cm³/mol. The van der Waals surface area contributed by atoms with Crippen LogP contribution in [0.4, 0.5) is 35.1 Å². The summed E-state index contributed by atoms with van der Waals surface area (Å²) < 4.78 is 133. The first-order valence-electron chi connectivity index (χ1n) is 39.8. The van der Waals surface area contributed by atoms with Gasteiger partial charge in [0.05, 0.1) is 51.4 Å². The van der Waals surface area contributed by atoms with Gasteiger partial charge < -0.3 is 74.3 Å². The van der Waals surface area contributed by atoms with E-state index in [1.807, 2.05) is 6.92 Å². The van der Waals surface area contributed by atoms with E-state index in [0.29, 0.717) is 64.2 Å². The summed E-state index contributed by atoms with van der Waals surface area (Å²) >= 11 is 0. The molecule has 1 spiro atoms. The topological polar surface area (TPSA) is 298 Å². The standard InChI is InChI=1S/C76H118F8N12O15/c1-11-33-111-50-39-55-66(101)87-74(28-18-29-74)73(108)93(9)64(48-19-15-16-20-48)72(107)92(8)56(69(104)94-31-34-110-35-32-94)40-60(98)91(7)58(44-109-10)65(100)86-63(45(3)12-2)71(106)89(5)43-61(99)90(6)54-21-14-13-17-30-95(70(54)105)57(38-46-22-25-49(26-23-46)75(79,80)81)68(103)88(4)42-59(97)85-53(67(102)96(55)41-50)27-24-47-36-51(77)62(52(78)37-47)76(82,83)84/h45-58,62-64H,11-44H2,1-10H3,(H,85,97)(H,86,100)(H,87,101)/t45-,46?,47?,49?,50+,51?,52?,53-,54-,55-,56-,57-,58-,62?,63-,64-/m0/s1. The Hall–Kier alpha value is -7.04. The number of methoxy groups -OCH3 is 1. The fourth-order valence-corrected chi connectivity index (χ4v) is 17.7. The summed E-state index contributed by atoms with van der Waals surface area (Å²) in [5.74, 6) is -17.0. The van der Waals surface area contributed by atoms with Crippen molar-refractivity contribution in [2.24, 2.45) is 35.5 Å². The number of hydrogen-bond donors (Lipinski definition) is 3. The van der Waals surface area contributed by atoms with Gasteiger partial charge in [0.2, 0.25) is 70.9 Å². The first-order valence-corrected chi connectivity index (χ1v) is 39.8. The molecule has 27 nitrogen and oxygen atoms in total. The second-order valence-corrected chi connectivity index (χ2v) is 32.5. The molecule has 8 rings (SSSR count). The lowest BCUT2D eigenvalue weighted by Gasteiger charge is -2.47. The van der Waals surface area contributed by atoms with Gasteiger partial charge in [0.25, 0.3) is 0 Å². The summed E-state index contributed by atoms with van der Waals surface area (Å²) in [7, 11) is 9.23. The molecule has 2 bridgehead atoms. The van der Waals surface area contributed by atoms with Crippen molar-refractivity contribution >= 4 is 70.9 Å². The lowest BCUT2D eigenvalue weighted by molar-refractivity contribution is -0.219. The zero-order valence-corrected chi connectivity index (χ0v) is 66.0. The van der Waals surface area contributed by atoms with Crippen molar-refractivity contribution in [3.05, 3.63) is 0 Å². The van der Waals surface area contributed by atoms with Crippen LogP contribution in [0.5, 0.6) is 0 Å². The van der Waals surface area contributed by atoms with Crippen LogP contribution in [-0.4, -0.2) is 315 Å². The van der Waals surface area contributed by atoms with E-state index in [-0.39, 0.29) is 110 Å². The summed E-state index contributed by atoms with van der Waals surface area (Å²) in [4.78, 5) is 193.